The van der Waals surface area contributed by atoms with Gasteiger partial charge in [-0.15, -0.1) is 0 Å². The average Bonchev–Trinajstić information content (AvgIpc) is 2.25. The maximum Gasteiger partial charge on any atom is 0.215 e. The fourth-order valence-electron chi connectivity index (χ4n) is 1.94. The van der Waals surface area contributed by atoms with E-state index in [1.807, 2.05) is 13.0 Å². The number of hydrogen-bond donors (Lipinski definition) is 1. The normalized spacial score (nSPS) is 17.7. The number of nitrogens with zero attached hydrogens (tertiary/aromatic N) is 1. The maximum absolute atomic E-state index is 5.81. The molecule has 3 nitrogen and oxygen atoms in total. The molecule has 0 atom stereocenters. The van der Waals surface area contributed by atoms with Gasteiger partial charge in [0.25, 0.3) is 0 Å². The Kier molecular flexibility index (Phi) is 3.09. The lowest BCUT2D eigenvalue weighted by Gasteiger charge is -2.22. The molecular weight excluding hydrogens is 188 g/mol. The maximum atomic E-state index is 5.81. The van der Waals surface area contributed by atoms with Crippen molar-refractivity contribution >= 4 is 5.69 Å². The molecular formula is C12H18N2O. The topological polar surface area (TPSA) is 48.1 Å². The van der Waals surface area contributed by atoms with Crippen molar-refractivity contribution in [3.05, 3.63) is 17.8 Å². The molecule has 0 aliphatic heterocycles. The zero-order valence-electron chi connectivity index (χ0n) is 9.20. The molecule has 0 spiro atoms. The number of aryl methyl sites for hydroxylation is 1. The van der Waals surface area contributed by atoms with E-state index in [0.717, 1.165) is 24.1 Å². The summed E-state index contributed by atoms with van der Waals surface area (Å²) in [5.74, 6) is 0.671. The molecule has 15 heavy (non-hydrogen) atoms. The van der Waals surface area contributed by atoms with Crippen molar-refractivity contribution in [1.82, 2.24) is 4.98 Å². The summed E-state index contributed by atoms with van der Waals surface area (Å²) in [6.45, 7) is 1.95. The van der Waals surface area contributed by atoms with E-state index in [-0.39, 0.29) is 0 Å². The van der Waals surface area contributed by atoms with Crippen LogP contribution >= 0.6 is 0 Å². The summed E-state index contributed by atoms with van der Waals surface area (Å²) in [6, 6.07) is 1.82. The smallest absolute Gasteiger partial charge is 0.215 e. The van der Waals surface area contributed by atoms with E-state index in [1.54, 1.807) is 6.20 Å². The predicted molar refractivity (Wildman–Crippen MR) is 60.9 cm³/mol. The lowest BCUT2D eigenvalue weighted by molar-refractivity contribution is 0.149. The van der Waals surface area contributed by atoms with E-state index in [4.69, 9.17) is 10.5 Å². The third-order valence-electron chi connectivity index (χ3n) is 2.96. The summed E-state index contributed by atoms with van der Waals surface area (Å²) in [7, 11) is 0. The first-order valence-corrected chi connectivity index (χ1v) is 5.64. The van der Waals surface area contributed by atoms with Crippen LogP contribution in [0, 0.1) is 6.92 Å². The minimum Gasteiger partial charge on any atom is -0.474 e. The molecule has 1 aliphatic carbocycles. The standard InChI is InChI=1S/C12H18N2O/c1-9-8-14-12(7-11(9)13)15-10-5-3-2-4-6-10/h7-8,10H,2-6H2,1H3,(H2,13,14). The Balaban J connectivity index is 2.00. The molecule has 0 aromatic carbocycles. The highest BCUT2D eigenvalue weighted by molar-refractivity contribution is 5.47. The summed E-state index contributed by atoms with van der Waals surface area (Å²) in [5, 5.41) is 0. The highest BCUT2D eigenvalue weighted by atomic mass is 16.5. The molecule has 0 unspecified atom stereocenters. The minimum atomic E-state index is 0.341. The van der Waals surface area contributed by atoms with Crippen molar-refractivity contribution in [1.29, 1.82) is 0 Å². The van der Waals surface area contributed by atoms with Crippen molar-refractivity contribution < 1.29 is 4.74 Å². The van der Waals surface area contributed by atoms with E-state index in [0.29, 0.717) is 12.0 Å². The molecule has 1 aromatic heterocycles. The third kappa shape index (κ3) is 2.61. The van der Waals surface area contributed by atoms with Crippen LogP contribution in [0.4, 0.5) is 5.69 Å². The van der Waals surface area contributed by atoms with Gasteiger partial charge < -0.3 is 10.5 Å². The second-order valence-corrected chi connectivity index (χ2v) is 4.26. The molecule has 3 heteroatoms. The number of ether oxygens (including phenoxy) is 1. The van der Waals surface area contributed by atoms with Crippen molar-refractivity contribution in [3.8, 4) is 5.88 Å². The monoisotopic (exact) mass is 206 g/mol. The largest absolute Gasteiger partial charge is 0.474 e. The van der Waals surface area contributed by atoms with Gasteiger partial charge in [-0.1, -0.05) is 6.42 Å². The molecule has 2 N–H and O–H groups in total. The first kappa shape index (κ1) is 10.3. The molecule has 1 fully saturated rings. The molecule has 82 valence electrons. The van der Waals surface area contributed by atoms with E-state index in [2.05, 4.69) is 4.98 Å². The number of anilines is 1. The van der Waals surface area contributed by atoms with Crippen molar-refractivity contribution in [2.24, 2.45) is 0 Å². The van der Waals surface area contributed by atoms with Gasteiger partial charge in [0.15, 0.2) is 0 Å². The molecule has 0 saturated heterocycles. The number of nitrogen functional groups attached to an aromatic ring is 1. The van der Waals surface area contributed by atoms with Gasteiger partial charge in [-0.25, -0.2) is 4.98 Å². The third-order valence-corrected chi connectivity index (χ3v) is 2.96. The van der Waals surface area contributed by atoms with E-state index in [9.17, 15) is 0 Å². The van der Waals surface area contributed by atoms with E-state index in [1.165, 1.54) is 19.3 Å². The number of hydrogen-bond acceptors (Lipinski definition) is 3. The average molecular weight is 206 g/mol. The van der Waals surface area contributed by atoms with Crippen LogP contribution in [-0.4, -0.2) is 11.1 Å². The summed E-state index contributed by atoms with van der Waals surface area (Å²) < 4.78 is 5.80. The predicted octanol–water partition coefficient (Wildman–Crippen LogP) is 2.68. The number of nitrogens with two attached hydrogens (primary N) is 1. The first-order valence-electron chi connectivity index (χ1n) is 5.64. The van der Waals surface area contributed by atoms with Crippen molar-refractivity contribution in [3.63, 3.8) is 0 Å². The summed E-state index contributed by atoms with van der Waals surface area (Å²) in [5.41, 5.74) is 7.57. The quantitative estimate of drug-likeness (QED) is 0.809. The number of pyridine rings is 1. The highest BCUT2D eigenvalue weighted by Gasteiger charge is 2.15. The molecule has 0 bridgehead atoms. The van der Waals surface area contributed by atoms with Crippen LogP contribution in [0.25, 0.3) is 0 Å². The Morgan fingerprint density at radius 1 is 1.33 bits per heavy atom. The van der Waals surface area contributed by atoms with Gasteiger partial charge in [-0.2, -0.15) is 0 Å². The second kappa shape index (κ2) is 4.51. The number of rotatable bonds is 2. The fourth-order valence-corrected chi connectivity index (χ4v) is 1.94. The summed E-state index contributed by atoms with van der Waals surface area (Å²) >= 11 is 0. The second-order valence-electron chi connectivity index (χ2n) is 4.26. The minimum absolute atomic E-state index is 0.341. The number of aromatic nitrogens is 1. The van der Waals surface area contributed by atoms with Crippen LogP contribution in [0.1, 0.15) is 37.7 Å². The SMILES string of the molecule is Cc1cnc(OC2CCCCC2)cc1N. The summed E-state index contributed by atoms with van der Waals surface area (Å²) in [6.07, 6.45) is 8.29. The van der Waals surface area contributed by atoms with Gasteiger partial charge >= 0.3 is 0 Å². The lowest BCUT2D eigenvalue weighted by Crippen LogP contribution is -2.20. The van der Waals surface area contributed by atoms with Gasteiger partial charge in [-0.3, -0.25) is 0 Å². The Bertz CT molecular complexity index is 332. The van der Waals surface area contributed by atoms with Gasteiger partial charge in [0.2, 0.25) is 5.88 Å². The Morgan fingerprint density at radius 3 is 2.73 bits per heavy atom. The zero-order valence-corrected chi connectivity index (χ0v) is 9.20. The van der Waals surface area contributed by atoms with Crippen LogP contribution in [0.2, 0.25) is 0 Å². The molecule has 2 rings (SSSR count). The van der Waals surface area contributed by atoms with E-state index < -0.39 is 0 Å². The van der Waals surface area contributed by atoms with E-state index >= 15 is 0 Å². The lowest BCUT2D eigenvalue weighted by atomic mass is 9.98. The molecule has 1 aliphatic rings. The molecule has 1 heterocycles. The Hall–Kier alpha value is -1.25. The molecule has 0 amide bonds. The molecule has 1 saturated carbocycles. The van der Waals surface area contributed by atoms with Gasteiger partial charge in [0.1, 0.15) is 6.10 Å². The van der Waals surface area contributed by atoms with Crippen molar-refractivity contribution in [2.45, 2.75) is 45.1 Å². The van der Waals surface area contributed by atoms with Crippen LogP contribution in [0.5, 0.6) is 5.88 Å². The Morgan fingerprint density at radius 2 is 2.07 bits per heavy atom. The molecule has 0 radical (unpaired) electrons. The van der Waals surface area contributed by atoms with Crippen molar-refractivity contribution in [2.75, 3.05) is 5.73 Å². The van der Waals surface area contributed by atoms with Crippen LogP contribution < -0.4 is 10.5 Å². The highest BCUT2D eigenvalue weighted by Crippen LogP contribution is 2.23. The van der Waals surface area contributed by atoms with Gasteiger partial charge in [0.05, 0.1) is 0 Å². The van der Waals surface area contributed by atoms with Crippen LogP contribution in [-0.2, 0) is 0 Å². The Labute approximate surface area is 90.7 Å². The molecule has 1 aromatic rings. The van der Waals surface area contributed by atoms with Crippen LogP contribution in [0.15, 0.2) is 12.3 Å². The van der Waals surface area contributed by atoms with Gasteiger partial charge in [0, 0.05) is 18.0 Å². The fraction of sp³-hybridized carbons (Fsp3) is 0.583. The first-order chi connectivity index (χ1) is 7.25. The van der Waals surface area contributed by atoms with Gasteiger partial charge in [-0.05, 0) is 38.2 Å². The zero-order chi connectivity index (χ0) is 10.7. The summed E-state index contributed by atoms with van der Waals surface area (Å²) in [4.78, 5) is 4.23. The van der Waals surface area contributed by atoms with Crippen LogP contribution in [0.3, 0.4) is 0 Å².